The summed E-state index contributed by atoms with van der Waals surface area (Å²) in [6, 6.07) is 13.2. The standard InChI is InChI=1S/C31H31FN2O2S/c1-31-13-11-23-22-10-8-21(36-2)15-19(22)5-9-24(23)25(31)16-26-28(31)27-29(37-26)33-17-34(30(27)35)14-12-18-3-6-20(32)7-4-18/h3-4,6-8,10,15,17,23-25H,5,9,11-14,16H2,1-2H3/t23-,24+,25+,31+/m0/s1. The molecule has 0 spiro atoms. The van der Waals surface area contributed by atoms with Crippen molar-refractivity contribution < 1.29 is 9.13 Å². The Morgan fingerprint density at radius 1 is 1.19 bits per heavy atom. The molecule has 0 unspecified atom stereocenters. The average Bonchev–Trinajstić information content (AvgIpc) is 3.43. The van der Waals surface area contributed by atoms with Gasteiger partial charge >= 0.3 is 0 Å². The summed E-state index contributed by atoms with van der Waals surface area (Å²) in [5.74, 6) is 2.52. The second kappa shape index (κ2) is 8.52. The minimum Gasteiger partial charge on any atom is -0.497 e. The molecule has 4 atom stereocenters. The molecule has 4 aromatic rings. The number of thiophene rings is 1. The van der Waals surface area contributed by atoms with E-state index in [4.69, 9.17) is 9.72 Å². The number of hydrogen-bond donors (Lipinski definition) is 0. The average molecular weight is 515 g/mol. The topological polar surface area (TPSA) is 44.1 Å². The number of hydrogen-bond acceptors (Lipinski definition) is 4. The maximum absolute atomic E-state index is 13.8. The molecule has 2 aromatic heterocycles. The van der Waals surface area contributed by atoms with E-state index in [0.29, 0.717) is 30.7 Å². The van der Waals surface area contributed by atoms with Crippen LogP contribution in [0.3, 0.4) is 0 Å². The summed E-state index contributed by atoms with van der Waals surface area (Å²) in [7, 11) is 1.74. The van der Waals surface area contributed by atoms with Crippen molar-refractivity contribution in [3.63, 3.8) is 0 Å². The van der Waals surface area contributed by atoms with Crippen molar-refractivity contribution in [2.24, 2.45) is 11.8 Å². The van der Waals surface area contributed by atoms with Crippen LogP contribution in [0.2, 0.25) is 0 Å². The molecule has 2 aromatic carbocycles. The van der Waals surface area contributed by atoms with E-state index < -0.39 is 0 Å². The highest BCUT2D eigenvalue weighted by molar-refractivity contribution is 7.18. The Morgan fingerprint density at radius 3 is 2.84 bits per heavy atom. The Hall–Kier alpha value is -2.99. The van der Waals surface area contributed by atoms with Gasteiger partial charge in [-0.25, -0.2) is 9.37 Å². The number of ether oxygens (including phenoxy) is 1. The first-order valence-electron chi connectivity index (χ1n) is 13.4. The monoisotopic (exact) mass is 514 g/mol. The lowest BCUT2D eigenvalue weighted by Crippen LogP contribution is -2.43. The molecule has 0 radical (unpaired) electrons. The van der Waals surface area contributed by atoms with Gasteiger partial charge in [0.25, 0.3) is 5.56 Å². The lowest BCUT2D eigenvalue weighted by atomic mass is 9.55. The van der Waals surface area contributed by atoms with Crippen LogP contribution in [0.1, 0.15) is 59.2 Å². The SMILES string of the molecule is COc1ccc2c(c1)CC[C@H]1[C@H]3Cc4sc5ncn(CCc6ccc(F)cc6)c(=O)c5c4[C@]3(C)CC[C@@H]21. The van der Waals surface area contributed by atoms with Gasteiger partial charge in [0, 0.05) is 11.4 Å². The minimum absolute atomic E-state index is 0.0235. The third kappa shape index (κ3) is 3.52. The van der Waals surface area contributed by atoms with Crippen LogP contribution in [0.15, 0.2) is 53.6 Å². The van der Waals surface area contributed by atoms with Crippen molar-refractivity contribution in [1.29, 1.82) is 0 Å². The first-order valence-corrected chi connectivity index (χ1v) is 14.2. The molecule has 6 heteroatoms. The second-order valence-electron chi connectivity index (χ2n) is 11.3. The van der Waals surface area contributed by atoms with Crippen LogP contribution in [0.5, 0.6) is 5.75 Å². The van der Waals surface area contributed by atoms with Crippen LogP contribution in [0.25, 0.3) is 10.2 Å². The highest BCUT2D eigenvalue weighted by atomic mass is 32.1. The van der Waals surface area contributed by atoms with E-state index in [2.05, 4.69) is 25.1 Å². The van der Waals surface area contributed by atoms with E-state index in [9.17, 15) is 9.18 Å². The second-order valence-corrected chi connectivity index (χ2v) is 12.4. The van der Waals surface area contributed by atoms with Crippen molar-refractivity contribution >= 4 is 21.6 Å². The number of rotatable bonds is 4. The van der Waals surface area contributed by atoms with Gasteiger partial charge in [0.2, 0.25) is 0 Å². The Bertz CT molecular complexity index is 1570. The summed E-state index contributed by atoms with van der Waals surface area (Å²) in [4.78, 5) is 20.8. The first kappa shape index (κ1) is 23.2. The molecular formula is C31H31FN2O2S. The zero-order valence-electron chi connectivity index (χ0n) is 21.3. The number of nitrogens with zero attached hydrogens (tertiary/aromatic N) is 2. The fraction of sp³-hybridized carbons (Fsp3) is 0.419. The Labute approximate surface area is 220 Å². The quantitative estimate of drug-likeness (QED) is 0.316. The Kier molecular flexibility index (Phi) is 5.33. The van der Waals surface area contributed by atoms with Gasteiger partial charge < -0.3 is 4.74 Å². The van der Waals surface area contributed by atoms with Crippen LogP contribution in [0.4, 0.5) is 4.39 Å². The van der Waals surface area contributed by atoms with Crippen molar-refractivity contribution in [3.05, 3.63) is 92.1 Å². The number of halogens is 1. The summed E-state index contributed by atoms with van der Waals surface area (Å²) in [5, 5.41) is 0.853. The third-order valence-electron chi connectivity index (χ3n) is 9.61. The summed E-state index contributed by atoms with van der Waals surface area (Å²) in [6.45, 7) is 2.97. The summed E-state index contributed by atoms with van der Waals surface area (Å²) < 4.78 is 20.5. The number of fused-ring (bicyclic) bond motifs is 9. The Balaban J connectivity index is 1.22. The molecule has 1 saturated carbocycles. The van der Waals surface area contributed by atoms with Crippen LogP contribution in [-0.2, 0) is 31.2 Å². The lowest BCUT2D eigenvalue weighted by molar-refractivity contribution is 0.106. The molecule has 37 heavy (non-hydrogen) atoms. The normalized spacial score (nSPS) is 25.9. The largest absolute Gasteiger partial charge is 0.497 e. The fourth-order valence-electron chi connectivity index (χ4n) is 7.77. The van der Waals surface area contributed by atoms with Gasteiger partial charge in [-0.2, -0.15) is 0 Å². The molecule has 0 N–H and O–H groups in total. The molecule has 190 valence electrons. The first-order chi connectivity index (χ1) is 18.0. The molecule has 0 saturated heterocycles. The van der Waals surface area contributed by atoms with E-state index in [1.807, 2.05) is 0 Å². The van der Waals surface area contributed by atoms with Gasteiger partial charge in [0.1, 0.15) is 16.4 Å². The predicted molar refractivity (Wildman–Crippen MR) is 145 cm³/mol. The van der Waals surface area contributed by atoms with Crippen LogP contribution in [-0.4, -0.2) is 16.7 Å². The van der Waals surface area contributed by atoms with Gasteiger partial charge in [-0.3, -0.25) is 9.36 Å². The molecule has 0 aliphatic heterocycles. The van der Waals surface area contributed by atoms with E-state index in [1.54, 1.807) is 41.5 Å². The van der Waals surface area contributed by atoms with Crippen molar-refractivity contribution in [2.45, 2.75) is 63.3 Å². The van der Waals surface area contributed by atoms with E-state index >= 15 is 0 Å². The lowest BCUT2D eigenvalue weighted by Gasteiger charge is -2.49. The van der Waals surface area contributed by atoms with Crippen molar-refractivity contribution in [1.82, 2.24) is 9.55 Å². The molecule has 1 fully saturated rings. The van der Waals surface area contributed by atoms with Gasteiger partial charge in [-0.15, -0.1) is 11.3 Å². The van der Waals surface area contributed by atoms with Crippen LogP contribution < -0.4 is 10.3 Å². The molecule has 3 aliphatic rings. The summed E-state index contributed by atoms with van der Waals surface area (Å²) >= 11 is 1.74. The summed E-state index contributed by atoms with van der Waals surface area (Å²) in [6.07, 6.45) is 8.01. The van der Waals surface area contributed by atoms with Gasteiger partial charge in [0.15, 0.2) is 0 Å². The molecule has 0 bridgehead atoms. The van der Waals surface area contributed by atoms with Crippen LogP contribution in [0, 0.1) is 17.7 Å². The highest BCUT2D eigenvalue weighted by Crippen LogP contribution is 2.62. The zero-order chi connectivity index (χ0) is 25.3. The molecular weight excluding hydrogens is 483 g/mol. The fourth-order valence-corrected chi connectivity index (χ4v) is 9.10. The molecule has 0 amide bonds. The summed E-state index contributed by atoms with van der Waals surface area (Å²) in [5.41, 5.74) is 5.39. The molecule has 4 nitrogen and oxygen atoms in total. The van der Waals surface area contributed by atoms with Crippen molar-refractivity contribution in [3.8, 4) is 5.75 Å². The van der Waals surface area contributed by atoms with E-state index in [-0.39, 0.29) is 16.8 Å². The third-order valence-corrected chi connectivity index (χ3v) is 10.7. The smallest absolute Gasteiger partial charge is 0.262 e. The maximum atomic E-state index is 13.8. The van der Waals surface area contributed by atoms with E-state index in [1.165, 1.54) is 40.1 Å². The number of methoxy groups -OCH3 is 1. The number of benzene rings is 2. The molecule has 2 heterocycles. The Morgan fingerprint density at radius 2 is 2.03 bits per heavy atom. The number of aryl methyl sites for hydroxylation is 3. The van der Waals surface area contributed by atoms with Gasteiger partial charge in [-0.1, -0.05) is 25.1 Å². The predicted octanol–water partition coefficient (Wildman–Crippen LogP) is 6.42. The number of aromatic nitrogens is 2. The van der Waals surface area contributed by atoms with Crippen molar-refractivity contribution in [2.75, 3.05) is 7.11 Å². The van der Waals surface area contributed by atoms with Gasteiger partial charge in [0.05, 0.1) is 18.8 Å². The molecule has 7 rings (SSSR count). The highest BCUT2D eigenvalue weighted by Gasteiger charge is 2.54. The minimum atomic E-state index is -0.239. The van der Waals surface area contributed by atoms with Crippen LogP contribution >= 0.6 is 11.3 Å². The molecule has 3 aliphatic carbocycles. The maximum Gasteiger partial charge on any atom is 0.262 e. The van der Waals surface area contributed by atoms with E-state index in [0.717, 1.165) is 47.2 Å². The zero-order valence-corrected chi connectivity index (χ0v) is 22.1. The van der Waals surface area contributed by atoms with Gasteiger partial charge in [-0.05, 0) is 108 Å².